The largest absolute Gasteiger partial charge is 0.378 e. The number of imidazole rings is 1. The van der Waals surface area contributed by atoms with E-state index in [-0.39, 0.29) is 28.7 Å². The Labute approximate surface area is 196 Å². The molecular formula is C22H25ClN4O5S. The molecule has 3 aromatic rings. The third kappa shape index (κ3) is 4.25. The number of rotatable bonds is 5. The highest BCUT2D eigenvalue weighted by molar-refractivity contribution is 7.92. The van der Waals surface area contributed by atoms with E-state index < -0.39 is 10.0 Å². The van der Waals surface area contributed by atoms with Crippen LogP contribution in [0.15, 0.2) is 46.1 Å². The van der Waals surface area contributed by atoms with E-state index in [0.29, 0.717) is 42.4 Å². The van der Waals surface area contributed by atoms with Crippen molar-refractivity contribution < 1.29 is 17.9 Å². The summed E-state index contributed by atoms with van der Waals surface area (Å²) in [5.74, 6) is -0.327. The first kappa shape index (κ1) is 23.3. The van der Waals surface area contributed by atoms with Crippen LogP contribution in [0.4, 0.5) is 5.69 Å². The molecule has 0 unspecified atom stereocenters. The average Bonchev–Trinajstić information content (AvgIpc) is 3.03. The van der Waals surface area contributed by atoms with Crippen molar-refractivity contribution in [1.82, 2.24) is 14.0 Å². The topological polar surface area (TPSA) is 93.8 Å². The fourth-order valence-electron chi connectivity index (χ4n) is 3.86. The Hall–Kier alpha value is -2.82. The number of morpholine rings is 1. The molecule has 0 aliphatic carbocycles. The van der Waals surface area contributed by atoms with E-state index in [1.807, 2.05) is 6.92 Å². The predicted molar refractivity (Wildman–Crippen MR) is 126 cm³/mol. The number of anilines is 1. The number of hydrogen-bond acceptors (Lipinski definition) is 5. The van der Waals surface area contributed by atoms with E-state index in [1.54, 1.807) is 37.2 Å². The SMILES string of the molecule is Cc1ccc(N(CC(=O)N2CCOCC2)S(=O)(=O)c2ccc3c(c2)n(C)c(=O)n3C)cc1Cl. The second-order valence-electron chi connectivity index (χ2n) is 7.99. The smallest absolute Gasteiger partial charge is 0.328 e. The number of sulfonamides is 1. The zero-order valence-electron chi connectivity index (χ0n) is 18.6. The van der Waals surface area contributed by atoms with Crippen molar-refractivity contribution in [3.63, 3.8) is 0 Å². The first-order chi connectivity index (χ1) is 15.6. The Kier molecular flexibility index (Phi) is 6.26. The third-order valence-electron chi connectivity index (χ3n) is 5.92. The minimum atomic E-state index is -4.16. The molecule has 1 amide bonds. The van der Waals surface area contributed by atoms with Crippen LogP contribution in [0.25, 0.3) is 11.0 Å². The van der Waals surface area contributed by atoms with Crippen molar-refractivity contribution in [3.8, 4) is 0 Å². The molecular weight excluding hydrogens is 468 g/mol. The molecule has 0 atom stereocenters. The number of carbonyl (C=O) groups excluding carboxylic acids is 1. The zero-order valence-corrected chi connectivity index (χ0v) is 20.2. The molecule has 0 radical (unpaired) electrons. The number of ether oxygens (including phenoxy) is 1. The normalized spacial score (nSPS) is 14.6. The molecule has 0 saturated carbocycles. The van der Waals surface area contributed by atoms with Crippen molar-refractivity contribution in [1.29, 1.82) is 0 Å². The highest BCUT2D eigenvalue weighted by Gasteiger charge is 2.30. The number of carbonyl (C=O) groups is 1. The number of aryl methyl sites for hydroxylation is 3. The van der Waals surface area contributed by atoms with Crippen LogP contribution >= 0.6 is 11.6 Å². The van der Waals surface area contributed by atoms with Gasteiger partial charge in [-0.1, -0.05) is 17.7 Å². The lowest BCUT2D eigenvalue weighted by Crippen LogP contribution is -2.47. The van der Waals surface area contributed by atoms with Gasteiger partial charge in [0.1, 0.15) is 6.54 Å². The molecule has 1 fully saturated rings. The molecule has 2 aromatic carbocycles. The summed E-state index contributed by atoms with van der Waals surface area (Å²) in [6, 6.07) is 9.37. The van der Waals surface area contributed by atoms with E-state index >= 15 is 0 Å². The minimum Gasteiger partial charge on any atom is -0.378 e. The lowest BCUT2D eigenvalue weighted by molar-refractivity contribution is -0.133. The van der Waals surface area contributed by atoms with Crippen LogP contribution in [-0.4, -0.2) is 61.2 Å². The van der Waals surface area contributed by atoms with Crippen molar-refractivity contribution in [2.24, 2.45) is 14.1 Å². The summed E-state index contributed by atoms with van der Waals surface area (Å²) in [6.07, 6.45) is 0. The number of hydrogen-bond donors (Lipinski definition) is 0. The van der Waals surface area contributed by atoms with Crippen LogP contribution in [0.3, 0.4) is 0 Å². The highest BCUT2D eigenvalue weighted by atomic mass is 35.5. The van der Waals surface area contributed by atoms with Crippen LogP contribution in [0, 0.1) is 6.92 Å². The monoisotopic (exact) mass is 492 g/mol. The van der Waals surface area contributed by atoms with Gasteiger partial charge in [-0.05, 0) is 42.8 Å². The maximum absolute atomic E-state index is 13.8. The molecule has 0 bridgehead atoms. The highest BCUT2D eigenvalue weighted by Crippen LogP contribution is 2.29. The summed E-state index contributed by atoms with van der Waals surface area (Å²) < 4.78 is 36.8. The van der Waals surface area contributed by atoms with Crippen molar-refractivity contribution >= 4 is 44.3 Å². The molecule has 0 spiro atoms. The maximum atomic E-state index is 13.8. The van der Waals surface area contributed by atoms with Gasteiger partial charge in [0.05, 0.1) is 34.8 Å². The van der Waals surface area contributed by atoms with Gasteiger partial charge in [0, 0.05) is 32.2 Å². The molecule has 9 nitrogen and oxygen atoms in total. The number of benzene rings is 2. The van der Waals surface area contributed by atoms with E-state index in [1.165, 1.54) is 27.3 Å². The van der Waals surface area contributed by atoms with Gasteiger partial charge in [-0.15, -0.1) is 0 Å². The van der Waals surface area contributed by atoms with Gasteiger partial charge in [-0.2, -0.15) is 0 Å². The maximum Gasteiger partial charge on any atom is 0.328 e. The molecule has 11 heteroatoms. The van der Waals surface area contributed by atoms with Gasteiger partial charge < -0.3 is 9.64 Å². The van der Waals surface area contributed by atoms with Crippen LogP contribution < -0.4 is 9.99 Å². The predicted octanol–water partition coefficient (Wildman–Crippen LogP) is 1.89. The zero-order chi connectivity index (χ0) is 23.9. The van der Waals surface area contributed by atoms with Gasteiger partial charge in [0.2, 0.25) is 5.91 Å². The first-order valence-electron chi connectivity index (χ1n) is 10.4. The Bertz CT molecular complexity index is 1390. The van der Waals surface area contributed by atoms with E-state index in [0.717, 1.165) is 9.87 Å². The van der Waals surface area contributed by atoms with E-state index in [2.05, 4.69) is 0 Å². The Morgan fingerprint density at radius 3 is 2.39 bits per heavy atom. The molecule has 1 aliphatic heterocycles. The third-order valence-corrected chi connectivity index (χ3v) is 8.09. The lowest BCUT2D eigenvalue weighted by atomic mass is 10.2. The fourth-order valence-corrected chi connectivity index (χ4v) is 5.46. The van der Waals surface area contributed by atoms with Crippen molar-refractivity contribution in [3.05, 3.63) is 57.5 Å². The molecule has 4 rings (SSSR count). The molecule has 176 valence electrons. The van der Waals surface area contributed by atoms with Crippen LogP contribution in [-0.2, 0) is 33.7 Å². The quantitative estimate of drug-likeness (QED) is 0.542. The van der Waals surface area contributed by atoms with Gasteiger partial charge in [-0.3, -0.25) is 18.2 Å². The summed E-state index contributed by atoms with van der Waals surface area (Å²) in [7, 11) is -0.949. The first-order valence-corrected chi connectivity index (χ1v) is 12.2. The standard InChI is InChI=1S/C22H25ClN4O5S/c1-15-4-5-16(12-18(15)23)27(14-21(28)26-8-10-32-11-9-26)33(30,31)17-6-7-19-20(13-17)25(3)22(29)24(19)2/h4-7,12-13H,8-11,14H2,1-3H3. The summed E-state index contributed by atoms with van der Waals surface area (Å²) in [5, 5.41) is 0.396. The summed E-state index contributed by atoms with van der Waals surface area (Å²) in [4.78, 5) is 26.9. The Balaban J connectivity index is 1.80. The van der Waals surface area contributed by atoms with E-state index in [4.69, 9.17) is 16.3 Å². The van der Waals surface area contributed by atoms with Crippen LogP contribution in [0.5, 0.6) is 0 Å². The number of nitrogens with zero attached hydrogens (tertiary/aromatic N) is 4. The summed E-state index contributed by atoms with van der Waals surface area (Å²) >= 11 is 6.28. The average molecular weight is 493 g/mol. The van der Waals surface area contributed by atoms with Gasteiger partial charge in [0.25, 0.3) is 10.0 Å². The Morgan fingerprint density at radius 1 is 1.06 bits per heavy atom. The molecule has 1 aliphatic rings. The number of amides is 1. The molecule has 33 heavy (non-hydrogen) atoms. The second kappa shape index (κ2) is 8.85. The molecule has 0 N–H and O–H groups in total. The van der Waals surface area contributed by atoms with Crippen LogP contribution in [0.2, 0.25) is 5.02 Å². The van der Waals surface area contributed by atoms with Gasteiger partial charge in [0.15, 0.2) is 0 Å². The van der Waals surface area contributed by atoms with Crippen molar-refractivity contribution in [2.45, 2.75) is 11.8 Å². The second-order valence-corrected chi connectivity index (χ2v) is 10.3. The van der Waals surface area contributed by atoms with Crippen LogP contribution in [0.1, 0.15) is 5.56 Å². The fraction of sp³-hybridized carbons (Fsp3) is 0.364. The molecule has 1 aromatic heterocycles. The van der Waals surface area contributed by atoms with Gasteiger partial charge in [-0.25, -0.2) is 13.2 Å². The summed E-state index contributed by atoms with van der Waals surface area (Å²) in [5.41, 5.74) is 1.90. The van der Waals surface area contributed by atoms with Gasteiger partial charge >= 0.3 is 5.69 Å². The summed E-state index contributed by atoms with van der Waals surface area (Å²) in [6.45, 7) is 3.06. The molecule has 1 saturated heterocycles. The minimum absolute atomic E-state index is 0.0253. The lowest BCUT2D eigenvalue weighted by Gasteiger charge is -2.30. The number of fused-ring (bicyclic) bond motifs is 1. The van der Waals surface area contributed by atoms with Crippen molar-refractivity contribution in [2.75, 3.05) is 37.2 Å². The van der Waals surface area contributed by atoms with E-state index in [9.17, 15) is 18.0 Å². The number of halogens is 1. The molecule has 2 heterocycles. The number of aromatic nitrogens is 2. The Morgan fingerprint density at radius 2 is 1.73 bits per heavy atom.